The van der Waals surface area contributed by atoms with Crippen molar-refractivity contribution in [2.24, 2.45) is 0 Å². The Balaban J connectivity index is 2.47. The monoisotopic (exact) mass is 252 g/mol. The van der Waals surface area contributed by atoms with Crippen molar-refractivity contribution in [3.63, 3.8) is 0 Å². The van der Waals surface area contributed by atoms with E-state index in [1.807, 2.05) is 6.07 Å². The van der Waals surface area contributed by atoms with Gasteiger partial charge in [-0.15, -0.1) is 0 Å². The molecule has 0 heterocycles. The van der Waals surface area contributed by atoms with Gasteiger partial charge in [-0.1, -0.05) is 17.7 Å². The molecule has 1 aromatic carbocycles. The number of fused-ring (bicyclic) bond motifs is 1. The third-order valence-corrected chi connectivity index (χ3v) is 2.97. The molecule has 0 aromatic heterocycles. The van der Waals surface area contributed by atoms with Gasteiger partial charge in [0.05, 0.1) is 6.61 Å². The quantitative estimate of drug-likeness (QED) is 0.823. The molecule has 2 rings (SSSR count). The second kappa shape index (κ2) is 4.80. The molecule has 90 valence electrons. The Morgan fingerprint density at radius 2 is 2.24 bits per heavy atom. The molecule has 1 aliphatic rings. The number of rotatable bonds is 2. The fourth-order valence-electron chi connectivity index (χ4n) is 1.98. The van der Waals surface area contributed by atoms with Crippen LogP contribution in [0.25, 0.3) is 5.57 Å². The lowest BCUT2D eigenvalue weighted by Crippen LogP contribution is -2.14. The summed E-state index contributed by atoms with van der Waals surface area (Å²) in [4.78, 5) is 11.8. The molecule has 0 bridgehead atoms. The zero-order chi connectivity index (χ0) is 12.4. The Morgan fingerprint density at radius 3 is 2.94 bits per heavy atom. The van der Waals surface area contributed by atoms with Gasteiger partial charge in [0.15, 0.2) is 0 Å². The standard InChI is InChI=1S/C13H13ClO3/c1-2-17-13(16)12-10-5-4-9(14)7-8(10)3-6-11(12)15/h4-5,7,15H,2-3,6H2,1H3. The van der Waals surface area contributed by atoms with Crippen LogP contribution in [0.15, 0.2) is 24.0 Å². The molecular formula is C13H13ClO3. The number of allylic oxidation sites excluding steroid dienone is 1. The molecular weight excluding hydrogens is 240 g/mol. The fraction of sp³-hybridized carbons (Fsp3) is 0.308. The fourth-order valence-corrected chi connectivity index (χ4v) is 2.17. The summed E-state index contributed by atoms with van der Waals surface area (Å²) in [5.41, 5.74) is 1.96. The Bertz CT molecular complexity index is 491. The molecule has 0 fully saturated rings. The van der Waals surface area contributed by atoms with Crippen molar-refractivity contribution >= 4 is 23.1 Å². The normalized spacial score (nSPS) is 14.5. The number of hydrogen-bond donors (Lipinski definition) is 1. The van der Waals surface area contributed by atoms with Gasteiger partial charge in [-0.2, -0.15) is 0 Å². The van der Waals surface area contributed by atoms with E-state index >= 15 is 0 Å². The Hall–Kier alpha value is -1.48. The molecule has 1 aliphatic carbocycles. The number of aryl methyl sites for hydroxylation is 1. The van der Waals surface area contributed by atoms with Crippen LogP contribution in [0.4, 0.5) is 0 Å². The second-order valence-electron chi connectivity index (χ2n) is 3.84. The zero-order valence-electron chi connectivity index (χ0n) is 9.50. The SMILES string of the molecule is CCOC(=O)C1=C(O)CCc2cc(Cl)ccc21. The van der Waals surface area contributed by atoms with E-state index < -0.39 is 5.97 Å². The van der Waals surface area contributed by atoms with Gasteiger partial charge in [0, 0.05) is 11.4 Å². The van der Waals surface area contributed by atoms with Crippen LogP contribution >= 0.6 is 11.6 Å². The first kappa shape index (κ1) is 12.0. The van der Waals surface area contributed by atoms with Crippen molar-refractivity contribution in [3.8, 4) is 0 Å². The highest BCUT2D eigenvalue weighted by Gasteiger charge is 2.25. The van der Waals surface area contributed by atoms with Crippen LogP contribution in [0.3, 0.4) is 0 Å². The van der Waals surface area contributed by atoms with Gasteiger partial charge >= 0.3 is 5.97 Å². The van der Waals surface area contributed by atoms with Crippen molar-refractivity contribution < 1.29 is 14.6 Å². The highest BCUT2D eigenvalue weighted by atomic mass is 35.5. The lowest BCUT2D eigenvalue weighted by Gasteiger charge is -2.19. The molecule has 0 saturated heterocycles. The summed E-state index contributed by atoms with van der Waals surface area (Å²) >= 11 is 5.91. The third kappa shape index (κ3) is 2.29. The number of aliphatic hydroxyl groups is 1. The number of ether oxygens (including phenoxy) is 1. The average Bonchev–Trinajstić information content (AvgIpc) is 2.29. The van der Waals surface area contributed by atoms with Crippen LogP contribution in [-0.2, 0) is 16.0 Å². The van der Waals surface area contributed by atoms with E-state index in [9.17, 15) is 9.90 Å². The Morgan fingerprint density at radius 1 is 1.47 bits per heavy atom. The molecule has 17 heavy (non-hydrogen) atoms. The van der Waals surface area contributed by atoms with E-state index in [1.54, 1.807) is 19.1 Å². The lowest BCUT2D eigenvalue weighted by atomic mass is 9.89. The minimum absolute atomic E-state index is 0.0956. The average molecular weight is 253 g/mol. The Kier molecular flexibility index (Phi) is 3.38. The number of carbonyl (C=O) groups excluding carboxylic acids is 1. The molecule has 0 spiro atoms. The summed E-state index contributed by atoms with van der Waals surface area (Å²) in [6.07, 6.45) is 1.13. The molecule has 0 amide bonds. The highest BCUT2D eigenvalue weighted by molar-refractivity contribution is 6.30. The number of halogens is 1. The van der Waals surface area contributed by atoms with E-state index in [2.05, 4.69) is 0 Å². The summed E-state index contributed by atoms with van der Waals surface area (Å²) in [5, 5.41) is 10.5. The summed E-state index contributed by atoms with van der Waals surface area (Å²) in [5.74, 6) is -0.383. The van der Waals surface area contributed by atoms with E-state index in [4.69, 9.17) is 16.3 Å². The maximum Gasteiger partial charge on any atom is 0.342 e. The van der Waals surface area contributed by atoms with Crippen molar-refractivity contribution in [2.45, 2.75) is 19.8 Å². The van der Waals surface area contributed by atoms with Crippen molar-refractivity contribution in [2.75, 3.05) is 6.61 Å². The largest absolute Gasteiger partial charge is 0.511 e. The van der Waals surface area contributed by atoms with Crippen molar-refractivity contribution in [1.82, 2.24) is 0 Å². The van der Waals surface area contributed by atoms with Crippen LogP contribution < -0.4 is 0 Å². The van der Waals surface area contributed by atoms with Crippen molar-refractivity contribution in [3.05, 3.63) is 40.1 Å². The number of esters is 1. The molecule has 0 aliphatic heterocycles. The first-order chi connectivity index (χ1) is 8.13. The number of aliphatic hydroxyl groups excluding tert-OH is 1. The third-order valence-electron chi connectivity index (χ3n) is 2.74. The van der Waals surface area contributed by atoms with Crippen molar-refractivity contribution in [1.29, 1.82) is 0 Å². The molecule has 0 atom stereocenters. The summed E-state index contributed by atoms with van der Waals surface area (Å²) in [7, 11) is 0. The first-order valence-electron chi connectivity index (χ1n) is 5.51. The molecule has 0 unspecified atom stereocenters. The second-order valence-corrected chi connectivity index (χ2v) is 4.28. The van der Waals surface area contributed by atoms with Gasteiger partial charge in [-0.05, 0) is 36.6 Å². The molecule has 1 N–H and O–H groups in total. The van der Waals surface area contributed by atoms with Gasteiger partial charge in [0.2, 0.25) is 0 Å². The molecule has 0 radical (unpaired) electrons. The first-order valence-corrected chi connectivity index (χ1v) is 5.89. The zero-order valence-corrected chi connectivity index (χ0v) is 10.3. The molecule has 0 saturated carbocycles. The summed E-state index contributed by atoms with van der Waals surface area (Å²) < 4.78 is 4.95. The van der Waals surface area contributed by atoms with E-state index in [-0.39, 0.29) is 11.3 Å². The van der Waals surface area contributed by atoms with E-state index in [0.29, 0.717) is 24.5 Å². The number of hydrogen-bond acceptors (Lipinski definition) is 3. The minimum Gasteiger partial charge on any atom is -0.511 e. The van der Waals surface area contributed by atoms with E-state index in [0.717, 1.165) is 11.1 Å². The number of benzene rings is 1. The lowest BCUT2D eigenvalue weighted by molar-refractivity contribution is -0.136. The summed E-state index contributed by atoms with van der Waals surface area (Å²) in [6.45, 7) is 2.03. The van der Waals surface area contributed by atoms with E-state index in [1.165, 1.54) is 0 Å². The van der Waals surface area contributed by atoms with Gasteiger partial charge in [-0.25, -0.2) is 4.79 Å². The smallest absolute Gasteiger partial charge is 0.342 e. The highest BCUT2D eigenvalue weighted by Crippen LogP contribution is 2.32. The molecule has 1 aromatic rings. The van der Waals surface area contributed by atoms with Crippen LogP contribution in [-0.4, -0.2) is 17.7 Å². The van der Waals surface area contributed by atoms with Gasteiger partial charge < -0.3 is 9.84 Å². The van der Waals surface area contributed by atoms with Gasteiger partial charge in [0.25, 0.3) is 0 Å². The van der Waals surface area contributed by atoms with Crippen LogP contribution in [0.5, 0.6) is 0 Å². The van der Waals surface area contributed by atoms with Crippen LogP contribution in [0, 0.1) is 0 Å². The van der Waals surface area contributed by atoms with Gasteiger partial charge in [0.1, 0.15) is 11.3 Å². The predicted octanol–water partition coefficient (Wildman–Crippen LogP) is 3.12. The van der Waals surface area contributed by atoms with Crippen LogP contribution in [0.1, 0.15) is 24.5 Å². The Labute approximate surface area is 105 Å². The maximum atomic E-state index is 11.8. The predicted molar refractivity (Wildman–Crippen MR) is 66.0 cm³/mol. The summed E-state index contributed by atoms with van der Waals surface area (Å²) in [6, 6.07) is 5.28. The van der Waals surface area contributed by atoms with Crippen LogP contribution in [0.2, 0.25) is 5.02 Å². The topological polar surface area (TPSA) is 46.5 Å². The minimum atomic E-state index is -0.478. The molecule has 3 nitrogen and oxygen atoms in total. The maximum absolute atomic E-state index is 11.8. The number of carbonyl (C=O) groups is 1. The van der Waals surface area contributed by atoms with Gasteiger partial charge in [-0.3, -0.25) is 0 Å². The molecule has 4 heteroatoms.